The Kier molecular flexibility index (Phi) is 5.50. The van der Waals surface area contributed by atoms with Crippen molar-refractivity contribution in [1.82, 2.24) is 19.9 Å². The average molecular weight is 370 g/mol. The summed E-state index contributed by atoms with van der Waals surface area (Å²) in [6, 6.07) is 8.25. The maximum Gasteiger partial charge on any atom is 0.251 e. The molecule has 0 N–H and O–H groups in total. The van der Waals surface area contributed by atoms with Gasteiger partial charge in [0.1, 0.15) is 6.10 Å². The molecule has 2 fully saturated rings. The number of piperazine rings is 1. The Morgan fingerprint density at radius 1 is 1.19 bits per heavy atom. The second-order valence-electron chi connectivity index (χ2n) is 7.17. The zero-order valence-electron chi connectivity index (χ0n) is 15.8. The van der Waals surface area contributed by atoms with E-state index >= 15 is 0 Å². The second kappa shape index (κ2) is 8.19. The van der Waals surface area contributed by atoms with Gasteiger partial charge < -0.3 is 14.2 Å². The van der Waals surface area contributed by atoms with E-state index in [0.29, 0.717) is 24.9 Å². The topological polar surface area (TPSA) is 71.7 Å². The highest BCUT2D eigenvalue weighted by atomic mass is 16.5. The lowest BCUT2D eigenvalue weighted by molar-refractivity contribution is -0.142. The van der Waals surface area contributed by atoms with Gasteiger partial charge in [-0.25, -0.2) is 0 Å². The van der Waals surface area contributed by atoms with Crippen LogP contribution < -0.4 is 0 Å². The molecule has 0 spiro atoms. The Morgan fingerprint density at radius 2 is 1.96 bits per heavy atom. The van der Waals surface area contributed by atoms with Crippen molar-refractivity contribution < 1.29 is 14.1 Å². The van der Waals surface area contributed by atoms with Crippen LogP contribution in [0.3, 0.4) is 0 Å². The first-order valence-corrected chi connectivity index (χ1v) is 9.77. The van der Waals surface area contributed by atoms with Crippen molar-refractivity contribution in [3.8, 4) is 11.4 Å². The molecule has 2 aliphatic heterocycles. The van der Waals surface area contributed by atoms with Gasteiger partial charge in [0.05, 0.1) is 6.54 Å². The van der Waals surface area contributed by atoms with Crippen molar-refractivity contribution in [3.63, 3.8) is 0 Å². The Balaban J connectivity index is 1.30. The molecular formula is C20H26N4O3. The fraction of sp³-hybridized carbons (Fsp3) is 0.550. The minimum Gasteiger partial charge on any atom is -0.368 e. The molecule has 2 aromatic rings. The van der Waals surface area contributed by atoms with Crippen LogP contribution in [0.4, 0.5) is 0 Å². The van der Waals surface area contributed by atoms with Crippen LogP contribution in [0.15, 0.2) is 28.8 Å². The normalized spacial score (nSPS) is 20.9. The number of aromatic nitrogens is 2. The van der Waals surface area contributed by atoms with Crippen LogP contribution in [0.1, 0.15) is 31.2 Å². The van der Waals surface area contributed by atoms with E-state index in [2.05, 4.69) is 34.1 Å². The number of nitrogens with zero attached hydrogens (tertiary/aromatic N) is 4. The summed E-state index contributed by atoms with van der Waals surface area (Å²) in [6.07, 6.45) is 2.62. The standard InChI is InChI=1S/C20H26N4O3/c1-2-15-5-7-16(8-6-15)19-21-18(27-22-19)14-23-9-11-24(12-10-23)20(25)17-4-3-13-26-17/h5-8,17H,2-4,9-14H2,1H3. The Bertz CT molecular complexity index is 760. The molecule has 0 saturated carbocycles. The lowest BCUT2D eigenvalue weighted by Crippen LogP contribution is -2.51. The van der Waals surface area contributed by atoms with Gasteiger partial charge in [0.2, 0.25) is 11.7 Å². The highest BCUT2D eigenvalue weighted by Crippen LogP contribution is 2.19. The van der Waals surface area contributed by atoms with Crippen LogP contribution in [-0.4, -0.2) is 64.7 Å². The largest absolute Gasteiger partial charge is 0.368 e. The first kappa shape index (κ1) is 18.1. The van der Waals surface area contributed by atoms with Crippen molar-refractivity contribution in [2.24, 2.45) is 0 Å². The maximum atomic E-state index is 12.4. The summed E-state index contributed by atoms with van der Waals surface area (Å²) in [5.74, 6) is 1.38. The number of aryl methyl sites for hydroxylation is 1. The summed E-state index contributed by atoms with van der Waals surface area (Å²) in [4.78, 5) is 21.1. The number of hydrogen-bond donors (Lipinski definition) is 0. The van der Waals surface area contributed by atoms with Crippen LogP contribution in [0, 0.1) is 0 Å². The van der Waals surface area contributed by atoms with Crippen LogP contribution in [0.5, 0.6) is 0 Å². The van der Waals surface area contributed by atoms with Crippen LogP contribution in [0.25, 0.3) is 11.4 Å². The zero-order chi connectivity index (χ0) is 18.6. The van der Waals surface area contributed by atoms with Gasteiger partial charge in [-0.2, -0.15) is 4.98 Å². The summed E-state index contributed by atoms with van der Waals surface area (Å²) < 4.78 is 10.9. The van der Waals surface area contributed by atoms with E-state index in [1.165, 1.54) is 5.56 Å². The SMILES string of the molecule is CCc1ccc(-c2noc(CN3CCN(C(=O)C4CCCO4)CC3)n2)cc1. The Hall–Kier alpha value is -2.25. The third kappa shape index (κ3) is 4.20. The fourth-order valence-corrected chi connectivity index (χ4v) is 3.62. The van der Waals surface area contributed by atoms with Gasteiger partial charge in [0.25, 0.3) is 5.91 Å². The van der Waals surface area contributed by atoms with Gasteiger partial charge >= 0.3 is 0 Å². The molecule has 0 radical (unpaired) electrons. The van der Waals surface area contributed by atoms with Crippen molar-refractivity contribution >= 4 is 5.91 Å². The van der Waals surface area contributed by atoms with E-state index in [1.54, 1.807) is 0 Å². The molecule has 7 heteroatoms. The van der Waals surface area contributed by atoms with Crippen molar-refractivity contribution in [2.45, 2.75) is 38.8 Å². The molecule has 27 heavy (non-hydrogen) atoms. The first-order valence-electron chi connectivity index (χ1n) is 9.77. The molecule has 1 aromatic heterocycles. The number of carbonyl (C=O) groups is 1. The van der Waals surface area contributed by atoms with E-state index in [1.807, 2.05) is 17.0 Å². The zero-order valence-corrected chi connectivity index (χ0v) is 15.8. The monoisotopic (exact) mass is 370 g/mol. The molecule has 1 aromatic carbocycles. The minimum atomic E-state index is -0.228. The van der Waals surface area contributed by atoms with E-state index in [9.17, 15) is 4.79 Å². The van der Waals surface area contributed by atoms with Gasteiger partial charge in [0.15, 0.2) is 0 Å². The van der Waals surface area contributed by atoms with E-state index in [0.717, 1.165) is 51.0 Å². The van der Waals surface area contributed by atoms with Crippen molar-refractivity contribution in [3.05, 3.63) is 35.7 Å². The molecule has 1 atom stereocenters. The first-order chi connectivity index (χ1) is 13.2. The van der Waals surface area contributed by atoms with Gasteiger partial charge in [0, 0.05) is 38.3 Å². The Morgan fingerprint density at radius 3 is 2.63 bits per heavy atom. The molecule has 0 aliphatic carbocycles. The van der Waals surface area contributed by atoms with Gasteiger partial charge in [-0.3, -0.25) is 9.69 Å². The third-order valence-electron chi connectivity index (χ3n) is 5.34. The quantitative estimate of drug-likeness (QED) is 0.803. The summed E-state index contributed by atoms with van der Waals surface area (Å²) in [6.45, 7) is 6.51. The van der Waals surface area contributed by atoms with E-state index in [4.69, 9.17) is 9.26 Å². The van der Waals surface area contributed by atoms with Crippen LogP contribution >= 0.6 is 0 Å². The highest BCUT2D eigenvalue weighted by molar-refractivity contribution is 5.81. The minimum absolute atomic E-state index is 0.141. The summed E-state index contributed by atoms with van der Waals surface area (Å²) >= 11 is 0. The molecular weight excluding hydrogens is 344 g/mol. The number of hydrogen-bond acceptors (Lipinski definition) is 6. The molecule has 1 amide bonds. The molecule has 2 saturated heterocycles. The smallest absolute Gasteiger partial charge is 0.251 e. The molecule has 7 nitrogen and oxygen atoms in total. The number of carbonyl (C=O) groups excluding carboxylic acids is 1. The number of benzene rings is 1. The molecule has 144 valence electrons. The predicted octanol–water partition coefficient (Wildman–Crippen LogP) is 2.12. The van der Waals surface area contributed by atoms with Crippen LogP contribution in [0.2, 0.25) is 0 Å². The van der Waals surface area contributed by atoms with Crippen LogP contribution in [-0.2, 0) is 22.5 Å². The molecule has 0 bridgehead atoms. The number of ether oxygens (including phenoxy) is 1. The number of amides is 1. The summed E-state index contributed by atoms with van der Waals surface area (Å²) in [5.41, 5.74) is 2.26. The summed E-state index contributed by atoms with van der Waals surface area (Å²) in [7, 11) is 0. The molecule has 4 rings (SSSR count). The van der Waals surface area contributed by atoms with E-state index < -0.39 is 0 Å². The van der Waals surface area contributed by atoms with Gasteiger partial charge in [-0.05, 0) is 24.8 Å². The molecule has 3 heterocycles. The Labute approximate surface area is 159 Å². The molecule has 2 aliphatic rings. The van der Waals surface area contributed by atoms with E-state index in [-0.39, 0.29) is 12.0 Å². The van der Waals surface area contributed by atoms with Crippen molar-refractivity contribution in [2.75, 3.05) is 32.8 Å². The van der Waals surface area contributed by atoms with Gasteiger partial charge in [-0.15, -0.1) is 0 Å². The highest BCUT2D eigenvalue weighted by Gasteiger charge is 2.30. The predicted molar refractivity (Wildman–Crippen MR) is 99.9 cm³/mol. The maximum absolute atomic E-state index is 12.4. The molecule has 1 unspecified atom stereocenters. The average Bonchev–Trinajstić information content (AvgIpc) is 3.40. The third-order valence-corrected chi connectivity index (χ3v) is 5.34. The lowest BCUT2D eigenvalue weighted by atomic mass is 10.1. The summed E-state index contributed by atoms with van der Waals surface area (Å²) in [5, 5.41) is 4.11. The second-order valence-corrected chi connectivity index (χ2v) is 7.17. The number of rotatable bonds is 5. The van der Waals surface area contributed by atoms with Gasteiger partial charge in [-0.1, -0.05) is 36.3 Å². The lowest BCUT2D eigenvalue weighted by Gasteiger charge is -2.35. The van der Waals surface area contributed by atoms with Crippen molar-refractivity contribution in [1.29, 1.82) is 0 Å². The fourth-order valence-electron chi connectivity index (χ4n) is 3.62.